The minimum absolute atomic E-state index is 0.0211. The number of fused-ring (bicyclic) bond motifs is 1. The van der Waals surface area contributed by atoms with Crippen molar-refractivity contribution in [3.63, 3.8) is 0 Å². The second-order valence-corrected chi connectivity index (χ2v) is 8.85. The van der Waals surface area contributed by atoms with E-state index < -0.39 is 0 Å². The van der Waals surface area contributed by atoms with E-state index in [2.05, 4.69) is 15.3 Å². The van der Waals surface area contributed by atoms with E-state index in [1.807, 2.05) is 25.7 Å². The van der Waals surface area contributed by atoms with Crippen LogP contribution in [-0.4, -0.2) is 62.5 Å². The second-order valence-electron chi connectivity index (χ2n) is 8.85. The molecule has 2 fully saturated rings. The third kappa shape index (κ3) is 3.77. The van der Waals surface area contributed by atoms with Crippen LogP contribution in [0, 0.1) is 6.92 Å². The average Bonchev–Trinajstić information content (AvgIpc) is 3.02. The van der Waals surface area contributed by atoms with Crippen molar-refractivity contribution in [2.75, 3.05) is 31.1 Å². The lowest BCUT2D eigenvalue weighted by atomic mass is 9.96. The highest BCUT2D eigenvalue weighted by Gasteiger charge is 2.28. The standard InChI is InChI=1S/C21H33N7O2/c1-14(2)28-19(29)18-17(15(3)24-25(18)4)23-20(28)26-10-12-27(13-11-26)21(30)22-16-8-6-5-7-9-16/h14,16H,5-13H2,1-4H3,(H,22,30). The zero-order chi connectivity index (χ0) is 21.4. The molecule has 9 heteroatoms. The molecular formula is C21H33N7O2. The fourth-order valence-electron chi connectivity index (χ4n) is 4.69. The summed E-state index contributed by atoms with van der Waals surface area (Å²) in [5.74, 6) is 0.672. The summed E-state index contributed by atoms with van der Waals surface area (Å²) in [5.41, 5.74) is 1.89. The Kier molecular flexibility index (Phi) is 5.71. The van der Waals surface area contributed by atoms with Crippen molar-refractivity contribution in [2.45, 2.75) is 65.0 Å². The van der Waals surface area contributed by atoms with Crippen molar-refractivity contribution in [1.82, 2.24) is 29.5 Å². The maximum absolute atomic E-state index is 13.2. The van der Waals surface area contributed by atoms with Crippen LogP contribution in [0.5, 0.6) is 0 Å². The van der Waals surface area contributed by atoms with E-state index in [-0.39, 0.29) is 17.6 Å². The molecule has 9 nitrogen and oxygen atoms in total. The maximum atomic E-state index is 13.2. The van der Waals surface area contributed by atoms with Gasteiger partial charge in [0.2, 0.25) is 5.95 Å². The van der Waals surface area contributed by atoms with Gasteiger partial charge in [0.05, 0.1) is 5.69 Å². The quantitative estimate of drug-likeness (QED) is 0.830. The predicted molar refractivity (Wildman–Crippen MR) is 117 cm³/mol. The van der Waals surface area contributed by atoms with Crippen LogP contribution in [0.15, 0.2) is 4.79 Å². The Morgan fingerprint density at radius 2 is 1.77 bits per heavy atom. The van der Waals surface area contributed by atoms with Crippen molar-refractivity contribution in [1.29, 1.82) is 0 Å². The molecule has 1 aliphatic carbocycles. The van der Waals surface area contributed by atoms with E-state index in [0.29, 0.717) is 49.2 Å². The van der Waals surface area contributed by atoms with Crippen molar-refractivity contribution in [3.05, 3.63) is 16.0 Å². The number of nitrogens with zero attached hydrogens (tertiary/aromatic N) is 6. The van der Waals surface area contributed by atoms with Crippen LogP contribution in [0.25, 0.3) is 11.0 Å². The number of hydrogen-bond donors (Lipinski definition) is 1. The first-order valence-corrected chi connectivity index (χ1v) is 11.1. The Labute approximate surface area is 177 Å². The lowest BCUT2D eigenvalue weighted by Gasteiger charge is -2.37. The van der Waals surface area contributed by atoms with E-state index in [4.69, 9.17) is 4.98 Å². The van der Waals surface area contributed by atoms with Gasteiger partial charge < -0.3 is 15.1 Å². The van der Waals surface area contributed by atoms with Crippen molar-refractivity contribution in [3.8, 4) is 0 Å². The summed E-state index contributed by atoms with van der Waals surface area (Å²) in [5, 5.41) is 7.59. The number of urea groups is 1. The Morgan fingerprint density at radius 1 is 1.10 bits per heavy atom. The van der Waals surface area contributed by atoms with Crippen LogP contribution in [0.2, 0.25) is 0 Å². The van der Waals surface area contributed by atoms with Crippen LogP contribution in [0.4, 0.5) is 10.7 Å². The van der Waals surface area contributed by atoms with Gasteiger partial charge in [0, 0.05) is 45.3 Å². The predicted octanol–water partition coefficient (Wildman–Crippen LogP) is 2.18. The smallest absolute Gasteiger partial charge is 0.317 e. The highest BCUT2D eigenvalue weighted by molar-refractivity contribution is 5.78. The summed E-state index contributed by atoms with van der Waals surface area (Å²) in [6, 6.07) is 0.328. The normalized spacial score (nSPS) is 18.4. The topological polar surface area (TPSA) is 88.3 Å². The van der Waals surface area contributed by atoms with Crippen LogP contribution in [0.3, 0.4) is 0 Å². The van der Waals surface area contributed by atoms with E-state index in [1.165, 1.54) is 19.3 Å². The highest BCUT2D eigenvalue weighted by atomic mass is 16.2. The fraction of sp³-hybridized carbons (Fsp3) is 0.714. The summed E-state index contributed by atoms with van der Waals surface area (Å²) in [4.78, 5) is 34.8. The summed E-state index contributed by atoms with van der Waals surface area (Å²) in [7, 11) is 1.78. The van der Waals surface area contributed by atoms with E-state index in [9.17, 15) is 9.59 Å². The maximum Gasteiger partial charge on any atom is 0.317 e. The van der Waals surface area contributed by atoms with E-state index >= 15 is 0 Å². The number of hydrogen-bond acceptors (Lipinski definition) is 5. The minimum Gasteiger partial charge on any atom is -0.339 e. The molecule has 2 aromatic heterocycles. The van der Waals surface area contributed by atoms with Crippen LogP contribution in [-0.2, 0) is 7.05 Å². The van der Waals surface area contributed by atoms with E-state index in [0.717, 1.165) is 18.5 Å². The molecule has 1 saturated carbocycles. The number of aryl methyl sites for hydroxylation is 2. The van der Waals surface area contributed by atoms with Crippen LogP contribution in [0.1, 0.15) is 57.7 Å². The van der Waals surface area contributed by atoms with Crippen LogP contribution >= 0.6 is 0 Å². The molecule has 0 unspecified atom stereocenters. The number of piperazine rings is 1. The SMILES string of the molecule is Cc1nn(C)c2c(=O)n(C(C)C)c(N3CCN(C(=O)NC4CCCCC4)CC3)nc12. The molecule has 0 atom stereocenters. The molecule has 1 saturated heterocycles. The van der Waals surface area contributed by atoms with Gasteiger partial charge >= 0.3 is 6.03 Å². The summed E-state index contributed by atoms with van der Waals surface area (Å²) >= 11 is 0. The summed E-state index contributed by atoms with van der Waals surface area (Å²) in [6.07, 6.45) is 5.85. The Hall–Kier alpha value is -2.58. The lowest BCUT2D eigenvalue weighted by molar-refractivity contribution is 0.186. The lowest BCUT2D eigenvalue weighted by Crippen LogP contribution is -2.54. The van der Waals surface area contributed by atoms with Gasteiger partial charge in [0.1, 0.15) is 5.52 Å². The third-order valence-corrected chi connectivity index (χ3v) is 6.34. The Bertz CT molecular complexity index is 979. The van der Waals surface area contributed by atoms with Gasteiger partial charge in [0.25, 0.3) is 5.56 Å². The minimum atomic E-state index is -0.0643. The molecule has 1 N–H and O–H groups in total. The first-order chi connectivity index (χ1) is 14.4. The zero-order valence-corrected chi connectivity index (χ0v) is 18.5. The molecule has 2 amide bonds. The average molecular weight is 416 g/mol. The molecule has 3 heterocycles. The van der Waals surface area contributed by atoms with Crippen molar-refractivity contribution >= 4 is 23.0 Å². The van der Waals surface area contributed by atoms with Crippen molar-refractivity contribution in [2.24, 2.45) is 7.05 Å². The second kappa shape index (κ2) is 8.28. The van der Waals surface area contributed by atoms with E-state index in [1.54, 1.807) is 16.3 Å². The number of anilines is 1. The summed E-state index contributed by atoms with van der Waals surface area (Å²) in [6.45, 7) is 8.42. The number of rotatable bonds is 3. The number of amides is 2. The number of carbonyl (C=O) groups excluding carboxylic acids is 1. The van der Waals surface area contributed by atoms with Gasteiger partial charge in [-0.15, -0.1) is 0 Å². The molecule has 1 aliphatic heterocycles. The summed E-state index contributed by atoms with van der Waals surface area (Å²) < 4.78 is 3.37. The molecule has 30 heavy (non-hydrogen) atoms. The number of carbonyl (C=O) groups is 1. The molecule has 0 radical (unpaired) electrons. The van der Waals surface area contributed by atoms with Gasteiger partial charge in [-0.1, -0.05) is 19.3 Å². The molecule has 2 aromatic rings. The number of nitrogens with one attached hydrogen (secondary N) is 1. The molecule has 164 valence electrons. The first-order valence-electron chi connectivity index (χ1n) is 11.1. The third-order valence-electron chi connectivity index (χ3n) is 6.34. The molecule has 0 aromatic carbocycles. The molecule has 0 bridgehead atoms. The van der Waals surface area contributed by atoms with Gasteiger partial charge in [0.15, 0.2) is 5.52 Å². The van der Waals surface area contributed by atoms with Gasteiger partial charge in [-0.25, -0.2) is 9.78 Å². The Balaban J connectivity index is 1.53. The fourth-order valence-corrected chi connectivity index (χ4v) is 4.69. The largest absolute Gasteiger partial charge is 0.339 e. The van der Waals surface area contributed by atoms with Crippen LogP contribution < -0.4 is 15.8 Å². The number of aromatic nitrogens is 4. The van der Waals surface area contributed by atoms with Gasteiger partial charge in [-0.2, -0.15) is 5.10 Å². The monoisotopic (exact) mass is 415 g/mol. The van der Waals surface area contributed by atoms with Crippen molar-refractivity contribution < 1.29 is 4.79 Å². The molecular weight excluding hydrogens is 382 g/mol. The first kappa shape index (κ1) is 20.7. The highest BCUT2D eigenvalue weighted by Crippen LogP contribution is 2.22. The molecule has 4 rings (SSSR count). The van der Waals surface area contributed by atoms with Gasteiger partial charge in [-0.05, 0) is 33.6 Å². The molecule has 2 aliphatic rings. The Morgan fingerprint density at radius 3 is 2.40 bits per heavy atom. The molecule has 0 spiro atoms. The zero-order valence-electron chi connectivity index (χ0n) is 18.5. The van der Waals surface area contributed by atoms with Gasteiger partial charge in [-0.3, -0.25) is 14.0 Å².